The van der Waals surface area contributed by atoms with Crippen LogP contribution < -0.4 is 10.5 Å². The number of carbonyl (C=O) groups excluding carboxylic acids is 1. The fourth-order valence-corrected chi connectivity index (χ4v) is 1.14. The van der Waals surface area contributed by atoms with Crippen LogP contribution in [0.25, 0.3) is 0 Å². The van der Waals surface area contributed by atoms with Crippen molar-refractivity contribution in [2.75, 3.05) is 0 Å². The molecule has 0 aliphatic heterocycles. The number of nitrogens with two attached hydrogens (primary N) is 1. The van der Waals surface area contributed by atoms with Crippen LogP contribution in [0.5, 0.6) is 11.6 Å². The molecule has 0 saturated carbocycles. The molecule has 2 rings (SSSR count). The first kappa shape index (κ1) is 10.1. The third-order valence-electron chi connectivity index (χ3n) is 1.84. The minimum Gasteiger partial charge on any atom is -0.439 e. The van der Waals surface area contributed by atoms with Crippen LogP contribution in [0, 0.1) is 0 Å². The highest BCUT2D eigenvalue weighted by molar-refractivity contribution is 5.91. The summed E-state index contributed by atoms with van der Waals surface area (Å²) in [5.74, 6) is 0.332. The Morgan fingerprint density at radius 2 is 2.06 bits per heavy atom. The summed E-state index contributed by atoms with van der Waals surface area (Å²) in [5, 5.41) is 0. The highest BCUT2D eigenvalue weighted by Crippen LogP contribution is 2.18. The standard InChI is InChI=1S/C11H9N3O2/c12-11(15)9-7-8(4-6-13-9)16-10-3-1-2-5-14-10/h1-7H,(H2,12,15). The van der Waals surface area contributed by atoms with Crippen LogP contribution in [0.2, 0.25) is 0 Å². The normalized spacial score (nSPS) is 9.75. The molecular formula is C11H9N3O2. The van der Waals surface area contributed by atoms with Crippen molar-refractivity contribution in [3.05, 3.63) is 48.4 Å². The Balaban J connectivity index is 2.22. The second-order valence-electron chi connectivity index (χ2n) is 3.01. The fourth-order valence-electron chi connectivity index (χ4n) is 1.14. The zero-order chi connectivity index (χ0) is 11.4. The van der Waals surface area contributed by atoms with Gasteiger partial charge in [0.1, 0.15) is 11.4 Å². The van der Waals surface area contributed by atoms with Crippen molar-refractivity contribution in [2.24, 2.45) is 5.73 Å². The van der Waals surface area contributed by atoms with E-state index in [1.807, 2.05) is 0 Å². The van der Waals surface area contributed by atoms with Gasteiger partial charge in [-0.3, -0.25) is 9.78 Å². The Labute approximate surface area is 91.9 Å². The predicted molar refractivity (Wildman–Crippen MR) is 57.1 cm³/mol. The fraction of sp³-hybridized carbons (Fsp3) is 0. The summed E-state index contributed by atoms with van der Waals surface area (Å²) >= 11 is 0. The third kappa shape index (κ3) is 2.33. The first-order chi connectivity index (χ1) is 7.75. The maximum Gasteiger partial charge on any atom is 0.267 e. The van der Waals surface area contributed by atoms with Crippen molar-refractivity contribution >= 4 is 5.91 Å². The number of rotatable bonds is 3. The Morgan fingerprint density at radius 1 is 1.19 bits per heavy atom. The summed E-state index contributed by atoms with van der Waals surface area (Å²) in [4.78, 5) is 18.7. The van der Waals surface area contributed by atoms with E-state index in [2.05, 4.69) is 9.97 Å². The number of carbonyl (C=O) groups is 1. The van der Waals surface area contributed by atoms with Crippen molar-refractivity contribution in [1.29, 1.82) is 0 Å². The molecule has 0 aliphatic carbocycles. The highest BCUT2D eigenvalue weighted by Gasteiger charge is 2.04. The molecule has 0 bridgehead atoms. The van der Waals surface area contributed by atoms with Crippen LogP contribution in [0.1, 0.15) is 10.5 Å². The van der Waals surface area contributed by atoms with E-state index in [0.717, 1.165) is 0 Å². The van der Waals surface area contributed by atoms with Crippen LogP contribution in [0.4, 0.5) is 0 Å². The Bertz CT molecular complexity index is 500. The number of hydrogen-bond acceptors (Lipinski definition) is 4. The lowest BCUT2D eigenvalue weighted by Crippen LogP contribution is -2.12. The molecule has 2 aromatic heterocycles. The first-order valence-electron chi connectivity index (χ1n) is 4.60. The van der Waals surface area contributed by atoms with Crippen LogP contribution in [0.3, 0.4) is 0 Å². The summed E-state index contributed by atoms with van der Waals surface area (Å²) in [6.45, 7) is 0. The molecule has 0 fully saturated rings. The average molecular weight is 215 g/mol. The van der Waals surface area contributed by atoms with Gasteiger partial charge in [0.25, 0.3) is 5.91 Å². The van der Waals surface area contributed by atoms with Crippen molar-refractivity contribution in [1.82, 2.24) is 9.97 Å². The topological polar surface area (TPSA) is 78.1 Å². The van der Waals surface area contributed by atoms with Crippen LogP contribution in [-0.2, 0) is 0 Å². The zero-order valence-electron chi connectivity index (χ0n) is 8.33. The lowest BCUT2D eigenvalue weighted by Gasteiger charge is -2.04. The molecule has 0 spiro atoms. The summed E-state index contributed by atoms with van der Waals surface area (Å²) < 4.78 is 5.41. The lowest BCUT2D eigenvalue weighted by molar-refractivity contribution is 0.0995. The van der Waals surface area contributed by atoms with Crippen LogP contribution in [-0.4, -0.2) is 15.9 Å². The SMILES string of the molecule is NC(=O)c1cc(Oc2ccccn2)ccn1. The van der Waals surface area contributed by atoms with Gasteiger partial charge in [0.15, 0.2) is 0 Å². The zero-order valence-corrected chi connectivity index (χ0v) is 8.33. The maximum atomic E-state index is 10.9. The van der Waals surface area contributed by atoms with Crippen molar-refractivity contribution in [3.8, 4) is 11.6 Å². The van der Waals surface area contributed by atoms with Gasteiger partial charge in [-0.05, 0) is 12.1 Å². The van der Waals surface area contributed by atoms with E-state index in [9.17, 15) is 4.79 Å². The minimum atomic E-state index is -0.591. The van der Waals surface area contributed by atoms with Gasteiger partial charge in [0.2, 0.25) is 5.88 Å². The van der Waals surface area contributed by atoms with E-state index >= 15 is 0 Å². The molecule has 5 nitrogen and oxygen atoms in total. The van der Waals surface area contributed by atoms with Gasteiger partial charge in [-0.25, -0.2) is 4.98 Å². The van der Waals surface area contributed by atoms with Crippen molar-refractivity contribution in [2.45, 2.75) is 0 Å². The van der Waals surface area contributed by atoms with E-state index in [-0.39, 0.29) is 5.69 Å². The Morgan fingerprint density at radius 3 is 2.75 bits per heavy atom. The van der Waals surface area contributed by atoms with Crippen LogP contribution >= 0.6 is 0 Å². The molecule has 2 aromatic rings. The van der Waals surface area contributed by atoms with Gasteiger partial charge in [0, 0.05) is 24.5 Å². The summed E-state index contributed by atoms with van der Waals surface area (Å²) in [6, 6.07) is 8.40. The second kappa shape index (κ2) is 4.39. The molecule has 2 N–H and O–H groups in total. The molecule has 0 atom stereocenters. The molecule has 0 saturated heterocycles. The van der Waals surface area contributed by atoms with Gasteiger partial charge < -0.3 is 10.5 Å². The van der Waals surface area contributed by atoms with Crippen LogP contribution in [0.15, 0.2) is 42.7 Å². The van der Waals surface area contributed by atoms with Gasteiger partial charge in [-0.15, -0.1) is 0 Å². The largest absolute Gasteiger partial charge is 0.439 e. The van der Waals surface area contributed by atoms with E-state index in [0.29, 0.717) is 11.6 Å². The van der Waals surface area contributed by atoms with Gasteiger partial charge in [-0.1, -0.05) is 6.07 Å². The molecule has 1 amide bonds. The predicted octanol–water partition coefficient (Wildman–Crippen LogP) is 1.37. The summed E-state index contributed by atoms with van der Waals surface area (Å²) in [6.07, 6.45) is 3.07. The first-order valence-corrected chi connectivity index (χ1v) is 4.60. The Kier molecular flexibility index (Phi) is 2.77. The molecule has 16 heavy (non-hydrogen) atoms. The third-order valence-corrected chi connectivity index (χ3v) is 1.84. The summed E-state index contributed by atoms with van der Waals surface area (Å²) in [5.41, 5.74) is 5.26. The quantitative estimate of drug-likeness (QED) is 0.838. The molecule has 0 radical (unpaired) electrons. The molecule has 0 unspecified atom stereocenters. The number of pyridine rings is 2. The second-order valence-corrected chi connectivity index (χ2v) is 3.01. The summed E-state index contributed by atoms with van der Waals surface area (Å²) in [7, 11) is 0. The number of ether oxygens (including phenoxy) is 1. The van der Waals surface area contributed by atoms with E-state index < -0.39 is 5.91 Å². The Hall–Kier alpha value is -2.43. The van der Waals surface area contributed by atoms with Gasteiger partial charge >= 0.3 is 0 Å². The van der Waals surface area contributed by atoms with Crippen molar-refractivity contribution < 1.29 is 9.53 Å². The molecule has 2 heterocycles. The number of primary amides is 1. The van der Waals surface area contributed by atoms with E-state index in [4.69, 9.17) is 10.5 Å². The number of aromatic nitrogens is 2. The highest BCUT2D eigenvalue weighted by atomic mass is 16.5. The van der Waals surface area contributed by atoms with Gasteiger partial charge in [0.05, 0.1) is 0 Å². The van der Waals surface area contributed by atoms with E-state index in [1.165, 1.54) is 12.3 Å². The molecule has 0 aliphatic rings. The van der Waals surface area contributed by atoms with E-state index in [1.54, 1.807) is 30.5 Å². The monoisotopic (exact) mass is 215 g/mol. The molecular weight excluding hydrogens is 206 g/mol. The number of amides is 1. The molecule has 0 aromatic carbocycles. The minimum absolute atomic E-state index is 0.161. The smallest absolute Gasteiger partial charge is 0.267 e. The van der Waals surface area contributed by atoms with Crippen molar-refractivity contribution in [3.63, 3.8) is 0 Å². The number of nitrogens with zero attached hydrogens (tertiary/aromatic N) is 2. The van der Waals surface area contributed by atoms with Gasteiger partial charge in [-0.2, -0.15) is 0 Å². The molecule has 80 valence electrons. The maximum absolute atomic E-state index is 10.9. The number of hydrogen-bond donors (Lipinski definition) is 1. The molecule has 5 heteroatoms. The lowest BCUT2D eigenvalue weighted by atomic mass is 10.3. The average Bonchev–Trinajstić information content (AvgIpc) is 2.30.